The first-order chi connectivity index (χ1) is 13.7. The smallest absolute Gasteiger partial charge is 0.228 e. The van der Waals surface area contributed by atoms with Gasteiger partial charge in [-0.15, -0.1) is 0 Å². The molecule has 3 heterocycles. The van der Waals surface area contributed by atoms with Crippen LogP contribution in [-0.4, -0.2) is 66.5 Å². The summed E-state index contributed by atoms with van der Waals surface area (Å²) < 4.78 is 5.16. The van der Waals surface area contributed by atoms with Gasteiger partial charge in [0.15, 0.2) is 0 Å². The monoisotopic (exact) mass is 381 g/mol. The Kier molecular flexibility index (Phi) is 5.10. The van der Waals surface area contributed by atoms with Crippen molar-refractivity contribution in [2.45, 2.75) is 6.42 Å². The number of piperazine rings is 1. The minimum atomic E-state index is -0.297. The molecule has 2 aliphatic heterocycles. The summed E-state index contributed by atoms with van der Waals surface area (Å²) in [5.74, 6) is 1.17. The molecule has 28 heavy (non-hydrogen) atoms. The number of aromatic nitrogens is 2. The molecule has 146 valence electrons. The van der Waals surface area contributed by atoms with Crippen LogP contribution in [0.4, 0.5) is 11.6 Å². The van der Waals surface area contributed by atoms with Crippen LogP contribution in [0, 0.1) is 5.92 Å². The van der Waals surface area contributed by atoms with E-state index in [1.54, 1.807) is 30.5 Å². The van der Waals surface area contributed by atoms with Gasteiger partial charge in [-0.2, -0.15) is 0 Å². The summed E-state index contributed by atoms with van der Waals surface area (Å²) in [4.78, 5) is 39.6. The lowest BCUT2D eigenvalue weighted by molar-refractivity contribution is -0.136. The summed E-state index contributed by atoms with van der Waals surface area (Å²) in [7, 11) is 1.61. The van der Waals surface area contributed by atoms with Crippen LogP contribution >= 0.6 is 0 Å². The highest BCUT2D eigenvalue weighted by Gasteiger charge is 2.38. The third-order valence-electron chi connectivity index (χ3n) is 5.28. The number of methoxy groups -OCH3 is 1. The van der Waals surface area contributed by atoms with Crippen molar-refractivity contribution in [2.75, 3.05) is 49.6 Å². The molecule has 2 aliphatic rings. The molecule has 0 aliphatic carbocycles. The van der Waals surface area contributed by atoms with Gasteiger partial charge in [0.05, 0.1) is 13.0 Å². The molecule has 1 aromatic carbocycles. The van der Waals surface area contributed by atoms with E-state index >= 15 is 0 Å². The van der Waals surface area contributed by atoms with Gasteiger partial charge >= 0.3 is 0 Å². The number of nitrogens with zero attached hydrogens (tertiary/aromatic N) is 5. The van der Waals surface area contributed by atoms with Gasteiger partial charge in [-0.25, -0.2) is 9.97 Å². The first-order valence-electron chi connectivity index (χ1n) is 9.41. The van der Waals surface area contributed by atoms with Crippen molar-refractivity contribution in [3.05, 3.63) is 42.7 Å². The van der Waals surface area contributed by atoms with Crippen molar-refractivity contribution in [1.29, 1.82) is 0 Å². The standard InChI is InChI=1S/C20H23N5O3/c1-28-17-5-3-16(4-6-17)25-14-15(13-18(25)26)19(27)23-9-11-24(12-10-23)20-21-7-2-8-22-20/h2-8,15H,9-14H2,1H3/t15-/m0/s1. The largest absolute Gasteiger partial charge is 0.497 e. The number of hydrogen-bond donors (Lipinski definition) is 0. The van der Waals surface area contributed by atoms with E-state index in [1.807, 2.05) is 29.2 Å². The zero-order valence-corrected chi connectivity index (χ0v) is 15.8. The van der Waals surface area contributed by atoms with E-state index in [4.69, 9.17) is 4.74 Å². The van der Waals surface area contributed by atoms with E-state index in [1.165, 1.54) is 0 Å². The summed E-state index contributed by atoms with van der Waals surface area (Å²) in [6, 6.07) is 9.13. The van der Waals surface area contributed by atoms with Crippen molar-refractivity contribution < 1.29 is 14.3 Å². The number of anilines is 2. The molecule has 4 rings (SSSR count). The molecule has 0 radical (unpaired) electrons. The van der Waals surface area contributed by atoms with Crippen LogP contribution in [0.3, 0.4) is 0 Å². The molecule has 8 heteroatoms. The Morgan fingerprint density at radius 3 is 2.39 bits per heavy atom. The second-order valence-corrected chi connectivity index (χ2v) is 6.96. The van der Waals surface area contributed by atoms with Crippen LogP contribution in [0.15, 0.2) is 42.7 Å². The fraction of sp³-hybridized carbons (Fsp3) is 0.400. The quantitative estimate of drug-likeness (QED) is 0.792. The van der Waals surface area contributed by atoms with Gasteiger partial charge in [-0.05, 0) is 30.3 Å². The van der Waals surface area contributed by atoms with Gasteiger partial charge in [0.2, 0.25) is 17.8 Å². The molecular weight excluding hydrogens is 358 g/mol. The number of rotatable bonds is 4. The maximum Gasteiger partial charge on any atom is 0.228 e. The first kappa shape index (κ1) is 18.2. The minimum absolute atomic E-state index is 0.0140. The Hall–Kier alpha value is -3.16. The predicted octanol–water partition coefficient (Wildman–Crippen LogP) is 1.19. The molecule has 2 amide bonds. The number of ether oxygens (including phenoxy) is 1. The molecular formula is C20H23N5O3. The third-order valence-corrected chi connectivity index (χ3v) is 5.28. The molecule has 8 nitrogen and oxygen atoms in total. The van der Waals surface area contributed by atoms with E-state index in [0.29, 0.717) is 38.7 Å². The zero-order chi connectivity index (χ0) is 19.5. The molecule has 0 bridgehead atoms. The van der Waals surface area contributed by atoms with Crippen molar-refractivity contribution in [1.82, 2.24) is 14.9 Å². The normalized spacial score (nSPS) is 19.8. The maximum absolute atomic E-state index is 12.9. The van der Waals surface area contributed by atoms with Crippen LogP contribution < -0.4 is 14.5 Å². The number of benzene rings is 1. The second kappa shape index (κ2) is 7.84. The molecule has 0 N–H and O–H groups in total. The third kappa shape index (κ3) is 3.62. The Labute approximate surface area is 163 Å². The molecule has 0 saturated carbocycles. The molecule has 0 unspecified atom stereocenters. The molecule has 2 fully saturated rings. The highest BCUT2D eigenvalue weighted by atomic mass is 16.5. The minimum Gasteiger partial charge on any atom is -0.497 e. The predicted molar refractivity (Wildman–Crippen MR) is 104 cm³/mol. The van der Waals surface area contributed by atoms with Crippen molar-refractivity contribution in [2.24, 2.45) is 5.92 Å². The van der Waals surface area contributed by atoms with Gasteiger partial charge in [0, 0.05) is 57.2 Å². The Morgan fingerprint density at radius 2 is 1.75 bits per heavy atom. The topological polar surface area (TPSA) is 78.9 Å². The average molecular weight is 381 g/mol. The Balaban J connectivity index is 1.36. The van der Waals surface area contributed by atoms with Crippen LogP contribution in [0.5, 0.6) is 5.75 Å². The van der Waals surface area contributed by atoms with Gasteiger partial charge in [-0.3, -0.25) is 9.59 Å². The number of amides is 2. The van der Waals surface area contributed by atoms with E-state index in [-0.39, 0.29) is 24.2 Å². The van der Waals surface area contributed by atoms with E-state index in [0.717, 1.165) is 11.4 Å². The number of carbonyl (C=O) groups excluding carboxylic acids is 2. The van der Waals surface area contributed by atoms with Gasteiger partial charge < -0.3 is 19.4 Å². The zero-order valence-electron chi connectivity index (χ0n) is 15.8. The Morgan fingerprint density at radius 1 is 1.07 bits per heavy atom. The van der Waals surface area contributed by atoms with Crippen LogP contribution in [0.1, 0.15) is 6.42 Å². The lowest BCUT2D eigenvalue weighted by Crippen LogP contribution is -2.51. The highest BCUT2D eigenvalue weighted by Crippen LogP contribution is 2.28. The summed E-state index contributed by atoms with van der Waals surface area (Å²) in [5, 5.41) is 0. The second-order valence-electron chi connectivity index (χ2n) is 6.96. The van der Waals surface area contributed by atoms with Crippen molar-refractivity contribution in [3.8, 4) is 5.75 Å². The van der Waals surface area contributed by atoms with Crippen molar-refractivity contribution in [3.63, 3.8) is 0 Å². The highest BCUT2D eigenvalue weighted by molar-refractivity contribution is 6.00. The fourth-order valence-electron chi connectivity index (χ4n) is 3.72. The molecule has 2 saturated heterocycles. The SMILES string of the molecule is COc1ccc(N2C[C@@H](C(=O)N3CCN(c4ncccn4)CC3)CC2=O)cc1. The van der Waals surface area contributed by atoms with E-state index in [2.05, 4.69) is 14.9 Å². The molecule has 1 atom stereocenters. The molecule has 2 aromatic rings. The van der Waals surface area contributed by atoms with Gasteiger partial charge in [-0.1, -0.05) is 0 Å². The van der Waals surface area contributed by atoms with E-state index in [9.17, 15) is 9.59 Å². The molecule has 1 aromatic heterocycles. The number of carbonyl (C=O) groups is 2. The fourth-order valence-corrected chi connectivity index (χ4v) is 3.72. The summed E-state index contributed by atoms with van der Waals surface area (Å²) in [6.07, 6.45) is 3.70. The summed E-state index contributed by atoms with van der Waals surface area (Å²) in [6.45, 7) is 3.04. The van der Waals surface area contributed by atoms with Crippen molar-refractivity contribution >= 4 is 23.5 Å². The first-order valence-corrected chi connectivity index (χ1v) is 9.41. The van der Waals surface area contributed by atoms with Crippen LogP contribution in [0.25, 0.3) is 0 Å². The lowest BCUT2D eigenvalue weighted by atomic mass is 10.1. The van der Waals surface area contributed by atoms with Crippen LogP contribution in [-0.2, 0) is 9.59 Å². The summed E-state index contributed by atoms with van der Waals surface area (Å²) in [5.41, 5.74) is 0.798. The number of hydrogen-bond acceptors (Lipinski definition) is 6. The summed E-state index contributed by atoms with van der Waals surface area (Å²) >= 11 is 0. The van der Waals surface area contributed by atoms with E-state index < -0.39 is 0 Å². The average Bonchev–Trinajstić information content (AvgIpc) is 3.15. The van der Waals surface area contributed by atoms with Gasteiger partial charge in [0.25, 0.3) is 0 Å². The Bertz CT molecular complexity index is 835. The van der Waals surface area contributed by atoms with Crippen LogP contribution in [0.2, 0.25) is 0 Å². The molecule has 0 spiro atoms. The maximum atomic E-state index is 12.9. The van der Waals surface area contributed by atoms with Gasteiger partial charge in [0.1, 0.15) is 5.75 Å². The lowest BCUT2D eigenvalue weighted by Gasteiger charge is -2.35.